The normalized spacial score (nSPS) is 28.6. The molecule has 2 fully saturated rings. The summed E-state index contributed by atoms with van der Waals surface area (Å²) >= 11 is 0. The fourth-order valence-corrected chi connectivity index (χ4v) is 3.46. The Hall–Kier alpha value is -0.570. The second-order valence-electron chi connectivity index (χ2n) is 7.64. The topological polar surface area (TPSA) is 40.5 Å². The highest BCUT2D eigenvalue weighted by molar-refractivity contribution is 5.69. The van der Waals surface area contributed by atoms with Gasteiger partial charge in [-0.05, 0) is 55.8 Å². The van der Waals surface area contributed by atoms with Crippen molar-refractivity contribution in [2.75, 3.05) is 13.1 Å². The van der Waals surface area contributed by atoms with Gasteiger partial charge in [0.2, 0.25) is 0 Å². The van der Waals surface area contributed by atoms with Gasteiger partial charge in [0, 0.05) is 12.6 Å². The predicted octanol–water partition coefficient (Wildman–Crippen LogP) is 3.39. The number of carbonyl (C=O) groups is 1. The van der Waals surface area contributed by atoms with E-state index >= 15 is 0 Å². The standard InChI is InChI=1S/C16H29NO2/c1-16(2,3)13-6-8-14(9-7-13)17(11-15(18)19)10-12-4-5-12/h12-14H,4-11H2,1-3H3,(H,18,19). The molecular formula is C16H29NO2. The first-order valence-electron chi connectivity index (χ1n) is 7.82. The molecule has 0 unspecified atom stereocenters. The zero-order chi connectivity index (χ0) is 14.0. The van der Waals surface area contributed by atoms with Gasteiger partial charge >= 0.3 is 5.97 Å². The molecule has 0 aliphatic heterocycles. The van der Waals surface area contributed by atoms with Crippen molar-refractivity contribution >= 4 is 5.97 Å². The fraction of sp³-hybridized carbons (Fsp3) is 0.938. The van der Waals surface area contributed by atoms with Gasteiger partial charge < -0.3 is 5.11 Å². The molecule has 1 N–H and O–H groups in total. The van der Waals surface area contributed by atoms with Crippen LogP contribution in [0.2, 0.25) is 0 Å². The lowest BCUT2D eigenvalue weighted by Crippen LogP contribution is -2.43. The van der Waals surface area contributed by atoms with Crippen molar-refractivity contribution in [2.24, 2.45) is 17.3 Å². The van der Waals surface area contributed by atoms with Crippen LogP contribution in [0.5, 0.6) is 0 Å². The molecule has 0 saturated heterocycles. The molecule has 2 rings (SSSR count). The van der Waals surface area contributed by atoms with Gasteiger partial charge in [-0.3, -0.25) is 9.69 Å². The van der Waals surface area contributed by atoms with Gasteiger partial charge in [0.1, 0.15) is 0 Å². The molecule has 0 spiro atoms. The maximum absolute atomic E-state index is 11.0. The highest BCUT2D eigenvalue weighted by Crippen LogP contribution is 2.40. The number of hydrogen-bond acceptors (Lipinski definition) is 2. The lowest BCUT2D eigenvalue weighted by atomic mass is 9.71. The molecule has 2 aliphatic carbocycles. The molecule has 0 heterocycles. The number of aliphatic carboxylic acids is 1. The van der Waals surface area contributed by atoms with E-state index in [1.807, 2.05) is 0 Å². The minimum absolute atomic E-state index is 0.237. The fourth-order valence-electron chi connectivity index (χ4n) is 3.46. The first-order chi connectivity index (χ1) is 8.86. The van der Waals surface area contributed by atoms with E-state index in [1.165, 1.54) is 38.5 Å². The van der Waals surface area contributed by atoms with Crippen molar-refractivity contribution in [1.29, 1.82) is 0 Å². The maximum Gasteiger partial charge on any atom is 0.317 e. The van der Waals surface area contributed by atoms with Gasteiger partial charge in [-0.25, -0.2) is 0 Å². The Labute approximate surface area is 117 Å². The van der Waals surface area contributed by atoms with Crippen molar-refractivity contribution in [2.45, 2.75) is 65.3 Å². The van der Waals surface area contributed by atoms with E-state index in [-0.39, 0.29) is 6.54 Å². The van der Waals surface area contributed by atoms with Crippen LogP contribution >= 0.6 is 0 Å². The maximum atomic E-state index is 11.0. The van der Waals surface area contributed by atoms with Crippen LogP contribution in [0.25, 0.3) is 0 Å². The summed E-state index contributed by atoms with van der Waals surface area (Å²) in [6.45, 7) is 8.24. The molecule has 0 atom stereocenters. The molecule has 3 heteroatoms. The van der Waals surface area contributed by atoms with E-state index in [0.717, 1.165) is 18.4 Å². The SMILES string of the molecule is CC(C)(C)C1CCC(N(CC(=O)O)CC2CC2)CC1. The van der Waals surface area contributed by atoms with Gasteiger partial charge in [-0.1, -0.05) is 20.8 Å². The van der Waals surface area contributed by atoms with Gasteiger partial charge in [-0.15, -0.1) is 0 Å². The second-order valence-corrected chi connectivity index (χ2v) is 7.64. The first-order valence-corrected chi connectivity index (χ1v) is 7.82. The number of hydrogen-bond donors (Lipinski definition) is 1. The van der Waals surface area contributed by atoms with Gasteiger partial charge in [-0.2, -0.15) is 0 Å². The molecule has 2 saturated carbocycles. The summed E-state index contributed by atoms with van der Waals surface area (Å²) in [5.41, 5.74) is 0.402. The van der Waals surface area contributed by atoms with Crippen LogP contribution in [0, 0.1) is 17.3 Å². The van der Waals surface area contributed by atoms with Crippen LogP contribution in [0.15, 0.2) is 0 Å². The molecule has 110 valence electrons. The van der Waals surface area contributed by atoms with Crippen LogP contribution in [-0.2, 0) is 4.79 Å². The van der Waals surface area contributed by atoms with Crippen molar-refractivity contribution in [3.8, 4) is 0 Å². The summed E-state index contributed by atoms with van der Waals surface area (Å²) in [5, 5.41) is 9.09. The van der Waals surface area contributed by atoms with E-state index in [1.54, 1.807) is 0 Å². The highest BCUT2D eigenvalue weighted by Gasteiger charge is 2.34. The van der Waals surface area contributed by atoms with Crippen molar-refractivity contribution in [3.63, 3.8) is 0 Å². The molecule has 2 aliphatic rings. The average molecular weight is 267 g/mol. The molecule has 0 aromatic rings. The summed E-state index contributed by atoms with van der Waals surface area (Å²) in [6, 6.07) is 0.510. The minimum Gasteiger partial charge on any atom is -0.480 e. The lowest BCUT2D eigenvalue weighted by molar-refractivity contribution is -0.139. The number of nitrogens with zero attached hydrogens (tertiary/aromatic N) is 1. The third kappa shape index (κ3) is 4.48. The van der Waals surface area contributed by atoms with Gasteiger partial charge in [0.05, 0.1) is 6.54 Å². The average Bonchev–Trinajstić information content (AvgIpc) is 3.10. The van der Waals surface area contributed by atoms with E-state index in [0.29, 0.717) is 11.5 Å². The van der Waals surface area contributed by atoms with Crippen LogP contribution in [0.4, 0.5) is 0 Å². The zero-order valence-corrected chi connectivity index (χ0v) is 12.7. The molecule has 3 nitrogen and oxygen atoms in total. The second kappa shape index (κ2) is 5.82. The predicted molar refractivity (Wildman–Crippen MR) is 77.1 cm³/mol. The Morgan fingerprint density at radius 3 is 2.11 bits per heavy atom. The van der Waals surface area contributed by atoms with Crippen LogP contribution in [0.1, 0.15) is 59.3 Å². The smallest absolute Gasteiger partial charge is 0.317 e. The first kappa shape index (κ1) is 14.8. The summed E-state index contributed by atoms with van der Waals surface area (Å²) < 4.78 is 0. The molecule has 0 radical (unpaired) electrons. The molecular weight excluding hydrogens is 238 g/mol. The number of carboxylic acids is 1. The van der Waals surface area contributed by atoms with E-state index in [9.17, 15) is 4.79 Å². The summed E-state index contributed by atoms with van der Waals surface area (Å²) in [4.78, 5) is 13.3. The Morgan fingerprint density at radius 1 is 1.11 bits per heavy atom. The van der Waals surface area contributed by atoms with Crippen LogP contribution in [-0.4, -0.2) is 35.1 Å². The molecule has 0 aromatic heterocycles. The number of rotatable bonds is 5. The monoisotopic (exact) mass is 267 g/mol. The summed E-state index contributed by atoms with van der Waals surface area (Å²) in [7, 11) is 0. The van der Waals surface area contributed by atoms with Crippen LogP contribution in [0.3, 0.4) is 0 Å². The lowest BCUT2D eigenvalue weighted by Gasteiger charge is -2.40. The zero-order valence-electron chi connectivity index (χ0n) is 12.7. The molecule has 0 aromatic carbocycles. The Kier molecular flexibility index (Phi) is 4.54. The summed E-state index contributed by atoms with van der Waals surface area (Å²) in [6.07, 6.45) is 7.48. The Bertz CT molecular complexity index is 309. The largest absolute Gasteiger partial charge is 0.480 e. The van der Waals surface area contributed by atoms with Crippen LogP contribution < -0.4 is 0 Å². The Balaban J connectivity index is 1.87. The highest BCUT2D eigenvalue weighted by atomic mass is 16.4. The van der Waals surface area contributed by atoms with E-state index < -0.39 is 5.97 Å². The van der Waals surface area contributed by atoms with E-state index in [2.05, 4.69) is 25.7 Å². The van der Waals surface area contributed by atoms with Crippen molar-refractivity contribution < 1.29 is 9.90 Å². The van der Waals surface area contributed by atoms with Gasteiger partial charge in [0.25, 0.3) is 0 Å². The third-order valence-corrected chi connectivity index (χ3v) is 4.97. The van der Waals surface area contributed by atoms with Crippen molar-refractivity contribution in [1.82, 2.24) is 4.90 Å². The van der Waals surface area contributed by atoms with E-state index in [4.69, 9.17) is 5.11 Å². The third-order valence-electron chi connectivity index (χ3n) is 4.97. The van der Waals surface area contributed by atoms with Crippen molar-refractivity contribution in [3.05, 3.63) is 0 Å². The Morgan fingerprint density at radius 2 is 1.68 bits per heavy atom. The number of carboxylic acid groups (broad SMARTS) is 1. The minimum atomic E-state index is -0.668. The quantitative estimate of drug-likeness (QED) is 0.830. The molecule has 0 amide bonds. The molecule has 0 bridgehead atoms. The summed E-state index contributed by atoms with van der Waals surface area (Å²) in [5.74, 6) is 0.912. The molecule has 19 heavy (non-hydrogen) atoms. The van der Waals surface area contributed by atoms with Gasteiger partial charge in [0.15, 0.2) is 0 Å².